The third-order valence-corrected chi connectivity index (χ3v) is 5.08. The van der Waals surface area contributed by atoms with Crippen LogP contribution in [0.5, 0.6) is 0 Å². The molecule has 7 heteroatoms. The number of hydrogen-bond donors (Lipinski definition) is 1. The lowest BCUT2D eigenvalue weighted by Crippen LogP contribution is -2.44. The number of hydrogen-bond acceptors (Lipinski definition) is 5. The van der Waals surface area contributed by atoms with E-state index in [0.29, 0.717) is 6.61 Å². The molecule has 0 bridgehead atoms. The van der Waals surface area contributed by atoms with E-state index in [9.17, 15) is 13.2 Å². The van der Waals surface area contributed by atoms with Crippen molar-refractivity contribution in [2.24, 2.45) is 5.92 Å². The van der Waals surface area contributed by atoms with Crippen LogP contribution in [-0.2, 0) is 24.1 Å². The second kappa shape index (κ2) is 5.14. The lowest BCUT2D eigenvalue weighted by Gasteiger charge is -2.17. The third kappa shape index (κ3) is 3.02. The van der Waals surface area contributed by atoms with Gasteiger partial charge in [-0.1, -0.05) is 0 Å². The molecule has 2 fully saturated rings. The Balaban J connectivity index is 1.88. The minimum Gasteiger partial charge on any atom is -0.378 e. The van der Waals surface area contributed by atoms with Crippen molar-refractivity contribution in [3.8, 4) is 0 Å². The van der Waals surface area contributed by atoms with E-state index < -0.39 is 22.0 Å². The van der Waals surface area contributed by atoms with Gasteiger partial charge in [0.15, 0.2) is 9.84 Å². The zero-order valence-electron chi connectivity index (χ0n) is 10.6. The van der Waals surface area contributed by atoms with Gasteiger partial charge in [0, 0.05) is 13.7 Å². The number of ether oxygens (including phenoxy) is 2. The predicted octanol–water partition coefficient (Wildman–Crippen LogP) is -0.660. The van der Waals surface area contributed by atoms with Crippen LogP contribution in [0.2, 0.25) is 0 Å². The molecule has 1 saturated carbocycles. The molecule has 0 aromatic rings. The van der Waals surface area contributed by atoms with Crippen molar-refractivity contribution in [2.75, 3.05) is 25.2 Å². The van der Waals surface area contributed by atoms with Crippen LogP contribution in [0.3, 0.4) is 0 Å². The fraction of sp³-hybridized carbons (Fsp3) is 0.909. The molecule has 0 aromatic carbocycles. The maximum Gasteiger partial charge on any atom is 0.226 e. The Bertz CT molecular complexity index is 421. The molecular formula is C11H19NO5S. The van der Waals surface area contributed by atoms with Crippen LogP contribution in [0.1, 0.15) is 13.3 Å². The topological polar surface area (TPSA) is 81.7 Å². The number of methoxy groups -OCH3 is 1. The maximum atomic E-state index is 11.9. The zero-order chi connectivity index (χ0) is 13.3. The number of amides is 1. The summed E-state index contributed by atoms with van der Waals surface area (Å²) in [5, 5.41) is 2.76. The predicted molar refractivity (Wildman–Crippen MR) is 64.9 cm³/mol. The van der Waals surface area contributed by atoms with Gasteiger partial charge in [-0.2, -0.15) is 0 Å². The monoisotopic (exact) mass is 277 g/mol. The number of rotatable bonds is 5. The van der Waals surface area contributed by atoms with Crippen molar-refractivity contribution >= 4 is 15.7 Å². The average molecular weight is 277 g/mol. The standard InChI is InChI=1S/C11H19NO5S/c1-3-17-9-4-7(9)11(13)12-8-5-18(14,15)6-10(8)16-2/h7-10H,3-6H2,1-2H3,(H,12,13). The van der Waals surface area contributed by atoms with Gasteiger partial charge in [0.05, 0.1) is 35.7 Å². The molecule has 2 rings (SSSR count). The SMILES string of the molecule is CCOC1CC1C(=O)NC1CS(=O)(=O)CC1OC. The van der Waals surface area contributed by atoms with Gasteiger partial charge in [-0.25, -0.2) is 8.42 Å². The fourth-order valence-corrected chi connectivity index (χ4v) is 4.17. The molecule has 104 valence electrons. The highest BCUT2D eigenvalue weighted by Crippen LogP contribution is 2.34. The normalized spacial score (nSPS) is 37.4. The van der Waals surface area contributed by atoms with Crippen molar-refractivity contribution < 1.29 is 22.7 Å². The molecule has 1 aliphatic heterocycles. The molecule has 4 atom stereocenters. The smallest absolute Gasteiger partial charge is 0.226 e. The molecule has 6 nitrogen and oxygen atoms in total. The third-order valence-electron chi connectivity index (χ3n) is 3.38. The summed E-state index contributed by atoms with van der Waals surface area (Å²) < 4.78 is 33.4. The Kier molecular flexibility index (Phi) is 3.93. The van der Waals surface area contributed by atoms with Gasteiger partial charge >= 0.3 is 0 Å². The molecule has 1 aliphatic carbocycles. The van der Waals surface area contributed by atoms with E-state index in [1.165, 1.54) is 7.11 Å². The molecule has 1 heterocycles. The largest absolute Gasteiger partial charge is 0.378 e. The molecule has 4 unspecified atom stereocenters. The van der Waals surface area contributed by atoms with Crippen LogP contribution in [0, 0.1) is 5.92 Å². The summed E-state index contributed by atoms with van der Waals surface area (Å²) in [6.07, 6.45) is 0.272. The average Bonchev–Trinajstić information content (AvgIpc) is 2.98. The maximum absolute atomic E-state index is 11.9. The molecule has 0 spiro atoms. The molecule has 1 saturated heterocycles. The van der Waals surface area contributed by atoms with Gasteiger partial charge in [-0.15, -0.1) is 0 Å². The summed E-state index contributed by atoms with van der Waals surface area (Å²) in [7, 11) is -1.64. The summed E-state index contributed by atoms with van der Waals surface area (Å²) in [4.78, 5) is 11.9. The fourth-order valence-electron chi connectivity index (χ4n) is 2.32. The van der Waals surface area contributed by atoms with E-state index in [1.54, 1.807) is 0 Å². The van der Waals surface area contributed by atoms with Crippen molar-refractivity contribution in [3.63, 3.8) is 0 Å². The van der Waals surface area contributed by atoms with E-state index in [-0.39, 0.29) is 29.4 Å². The molecule has 0 radical (unpaired) electrons. The number of carbonyl (C=O) groups excluding carboxylic acids is 1. The van der Waals surface area contributed by atoms with Crippen LogP contribution in [0.15, 0.2) is 0 Å². The van der Waals surface area contributed by atoms with Crippen LogP contribution < -0.4 is 5.32 Å². The zero-order valence-corrected chi connectivity index (χ0v) is 11.4. The minimum absolute atomic E-state index is 0.00555. The van der Waals surface area contributed by atoms with E-state index >= 15 is 0 Å². The second-order valence-corrected chi connectivity index (χ2v) is 6.96. The van der Waals surface area contributed by atoms with Gasteiger partial charge in [0.2, 0.25) is 5.91 Å². The van der Waals surface area contributed by atoms with Crippen molar-refractivity contribution in [3.05, 3.63) is 0 Å². The van der Waals surface area contributed by atoms with E-state index in [2.05, 4.69) is 5.32 Å². The highest BCUT2D eigenvalue weighted by atomic mass is 32.2. The Morgan fingerprint density at radius 2 is 2.06 bits per heavy atom. The molecular weight excluding hydrogens is 258 g/mol. The van der Waals surface area contributed by atoms with Crippen LogP contribution >= 0.6 is 0 Å². The van der Waals surface area contributed by atoms with Crippen molar-refractivity contribution in [1.29, 1.82) is 0 Å². The minimum atomic E-state index is -3.10. The molecule has 1 amide bonds. The van der Waals surface area contributed by atoms with E-state index in [4.69, 9.17) is 9.47 Å². The number of nitrogens with one attached hydrogen (secondary N) is 1. The van der Waals surface area contributed by atoms with Gasteiger partial charge in [0.25, 0.3) is 0 Å². The van der Waals surface area contributed by atoms with Crippen LogP contribution in [0.4, 0.5) is 0 Å². The lowest BCUT2D eigenvalue weighted by molar-refractivity contribution is -0.124. The van der Waals surface area contributed by atoms with Crippen LogP contribution in [-0.4, -0.2) is 57.8 Å². The second-order valence-electron chi connectivity index (χ2n) is 4.80. The highest BCUT2D eigenvalue weighted by molar-refractivity contribution is 7.91. The number of sulfone groups is 1. The van der Waals surface area contributed by atoms with E-state index in [0.717, 1.165) is 6.42 Å². The summed E-state index contributed by atoms with van der Waals surface area (Å²) in [5.74, 6) is -0.319. The van der Waals surface area contributed by atoms with Gasteiger partial charge in [-0.3, -0.25) is 4.79 Å². The molecule has 1 N–H and O–H groups in total. The summed E-state index contributed by atoms with van der Waals surface area (Å²) in [6.45, 7) is 2.48. The summed E-state index contributed by atoms with van der Waals surface area (Å²) in [6, 6.07) is -0.435. The Hall–Kier alpha value is -0.660. The molecule has 0 aromatic heterocycles. The van der Waals surface area contributed by atoms with Gasteiger partial charge in [-0.05, 0) is 13.3 Å². The summed E-state index contributed by atoms with van der Waals surface area (Å²) in [5.41, 5.74) is 0. The van der Waals surface area contributed by atoms with E-state index in [1.807, 2.05) is 6.92 Å². The first-order valence-electron chi connectivity index (χ1n) is 6.12. The first-order chi connectivity index (χ1) is 8.46. The number of carbonyl (C=O) groups is 1. The summed E-state index contributed by atoms with van der Waals surface area (Å²) >= 11 is 0. The van der Waals surface area contributed by atoms with Gasteiger partial charge in [0.1, 0.15) is 0 Å². The lowest BCUT2D eigenvalue weighted by atomic mass is 10.2. The Morgan fingerprint density at radius 3 is 2.67 bits per heavy atom. The highest BCUT2D eigenvalue weighted by Gasteiger charge is 2.46. The molecule has 2 aliphatic rings. The van der Waals surface area contributed by atoms with Crippen molar-refractivity contribution in [2.45, 2.75) is 31.6 Å². The quantitative estimate of drug-likeness (QED) is 0.721. The molecule has 18 heavy (non-hydrogen) atoms. The first-order valence-corrected chi connectivity index (χ1v) is 7.94. The Labute approximate surface area is 107 Å². The Morgan fingerprint density at radius 1 is 1.33 bits per heavy atom. The van der Waals surface area contributed by atoms with Gasteiger partial charge < -0.3 is 14.8 Å². The van der Waals surface area contributed by atoms with Crippen molar-refractivity contribution in [1.82, 2.24) is 5.32 Å². The first kappa shape index (κ1) is 13.8. The van der Waals surface area contributed by atoms with Crippen LogP contribution in [0.25, 0.3) is 0 Å².